The lowest BCUT2D eigenvalue weighted by molar-refractivity contribution is -0.146. The van der Waals surface area contributed by atoms with Crippen molar-refractivity contribution in [3.8, 4) is 5.75 Å². The topological polar surface area (TPSA) is 77.3 Å². The summed E-state index contributed by atoms with van der Waals surface area (Å²) in [7, 11) is 1.26. The van der Waals surface area contributed by atoms with Gasteiger partial charge in [0.25, 0.3) is 0 Å². The van der Waals surface area contributed by atoms with E-state index in [4.69, 9.17) is 5.73 Å². The molecule has 0 fully saturated rings. The monoisotopic (exact) mass is 298 g/mol. The molecule has 1 atom stereocenters. The maximum Gasteiger partial charge on any atom is 0.387 e. The number of aromatic amines is 1. The normalized spacial score (nSPS) is 14.2. The summed E-state index contributed by atoms with van der Waals surface area (Å²) in [6.45, 7) is -1.34. The number of hydrogen-bond donors (Lipinski definition) is 2. The van der Waals surface area contributed by atoms with Crippen molar-refractivity contribution in [1.82, 2.24) is 4.98 Å². The van der Waals surface area contributed by atoms with Gasteiger partial charge < -0.3 is 20.2 Å². The summed E-state index contributed by atoms with van der Waals surface area (Å²) in [5.74, 6) is -0.494. The number of esters is 1. The number of hydrogen-bond acceptors (Lipinski definition) is 4. The summed E-state index contributed by atoms with van der Waals surface area (Å²) >= 11 is 0. The SMILES string of the molecule is COC(=O)C(C)(N)Cc1c[nH]c2ccc(OC(F)F)cc12. The number of methoxy groups -OCH3 is 1. The van der Waals surface area contributed by atoms with Gasteiger partial charge in [-0.1, -0.05) is 0 Å². The van der Waals surface area contributed by atoms with Crippen LogP contribution in [0.1, 0.15) is 12.5 Å². The van der Waals surface area contributed by atoms with E-state index >= 15 is 0 Å². The molecule has 0 spiro atoms. The zero-order valence-corrected chi connectivity index (χ0v) is 11.7. The highest BCUT2D eigenvalue weighted by atomic mass is 19.3. The van der Waals surface area contributed by atoms with Crippen molar-refractivity contribution >= 4 is 16.9 Å². The summed E-state index contributed by atoms with van der Waals surface area (Å²) < 4.78 is 33.5. The van der Waals surface area contributed by atoms with Gasteiger partial charge in [0.05, 0.1) is 7.11 Å². The first kappa shape index (κ1) is 15.2. The predicted molar refractivity (Wildman–Crippen MR) is 73.2 cm³/mol. The quantitative estimate of drug-likeness (QED) is 0.830. The van der Waals surface area contributed by atoms with E-state index in [0.29, 0.717) is 5.39 Å². The van der Waals surface area contributed by atoms with Gasteiger partial charge >= 0.3 is 12.6 Å². The Morgan fingerprint density at radius 2 is 2.19 bits per heavy atom. The van der Waals surface area contributed by atoms with Crippen molar-refractivity contribution in [1.29, 1.82) is 0 Å². The molecule has 0 aliphatic heterocycles. The Kier molecular flexibility index (Phi) is 4.13. The first-order chi connectivity index (χ1) is 9.83. The number of ether oxygens (including phenoxy) is 2. The smallest absolute Gasteiger partial charge is 0.387 e. The zero-order chi connectivity index (χ0) is 15.6. The molecule has 0 aliphatic rings. The average Bonchev–Trinajstić information content (AvgIpc) is 2.79. The first-order valence-corrected chi connectivity index (χ1v) is 6.25. The van der Waals surface area contributed by atoms with Gasteiger partial charge in [-0.15, -0.1) is 0 Å². The summed E-state index contributed by atoms with van der Waals surface area (Å²) in [5.41, 5.74) is 6.19. The largest absolute Gasteiger partial charge is 0.468 e. The van der Waals surface area contributed by atoms with Gasteiger partial charge in [-0.25, -0.2) is 0 Å². The minimum Gasteiger partial charge on any atom is -0.468 e. The number of carbonyl (C=O) groups is 1. The Morgan fingerprint density at radius 3 is 2.81 bits per heavy atom. The zero-order valence-electron chi connectivity index (χ0n) is 11.7. The number of H-pyrrole nitrogens is 1. The van der Waals surface area contributed by atoms with E-state index in [2.05, 4.69) is 14.5 Å². The van der Waals surface area contributed by atoms with E-state index in [-0.39, 0.29) is 12.2 Å². The number of rotatable bonds is 5. The summed E-state index contributed by atoms with van der Waals surface area (Å²) in [4.78, 5) is 14.6. The molecule has 0 radical (unpaired) electrons. The van der Waals surface area contributed by atoms with E-state index in [9.17, 15) is 13.6 Å². The van der Waals surface area contributed by atoms with Gasteiger partial charge in [0.1, 0.15) is 11.3 Å². The Morgan fingerprint density at radius 1 is 1.48 bits per heavy atom. The minimum absolute atomic E-state index is 0.0511. The Balaban J connectivity index is 2.34. The lowest BCUT2D eigenvalue weighted by Gasteiger charge is -2.20. The fourth-order valence-electron chi connectivity index (χ4n) is 2.18. The van der Waals surface area contributed by atoms with Gasteiger partial charge in [0.15, 0.2) is 0 Å². The van der Waals surface area contributed by atoms with Gasteiger partial charge in [0, 0.05) is 23.5 Å². The number of nitrogens with one attached hydrogen (secondary N) is 1. The van der Waals surface area contributed by atoms with Crippen LogP contribution in [-0.4, -0.2) is 30.2 Å². The molecule has 1 aromatic heterocycles. The number of carbonyl (C=O) groups excluding carboxylic acids is 1. The molecule has 1 heterocycles. The minimum atomic E-state index is -2.89. The summed E-state index contributed by atoms with van der Waals surface area (Å²) in [6, 6.07) is 4.56. The van der Waals surface area contributed by atoms with Crippen LogP contribution in [0.3, 0.4) is 0 Å². The van der Waals surface area contributed by atoms with Crippen molar-refractivity contribution in [3.05, 3.63) is 30.0 Å². The van der Waals surface area contributed by atoms with Crippen LogP contribution >= 0.6 is 0 Å². The van der Waals surface area contributed by atoms with Crippen molar-refractivity contribution in [3.63, 3.8) is 0 Å². The molecule has 2 aromatic rings. The number of alkyl halides is 2. The summed E-state index contributed by atoms with van der Waals surface area (Å²) in [5, 5.41) is 0.675. The molecular formula is C14H16F2N2O3. The van der Waals surface area contributed by atoms with Gasteiger partial charge in [-0.3, -0.25) is 4.79 Å². The van der Waals surface area contributed by atoms with Crippen molar-refractivity contribution in [2.24, 2.45) is 5.73 Å². The number of fused-ring (bicyclic) bond motifs is 1. The Hall–Kier alpha value is -2.15. The fourth-order valence-corrected chi connectivity index (χ4v) is 2.18. The molecule has 1 aromatic carbocycles. The molecule has 0 bridgehead atoms. The van der Waals surface area contributed by atoms with E-state index in [1.165, 1.54) is 19.2 Å². The first-order valence-electron chi connectivity index (χ1n) is 6.25. The Labute approximate surface area is 120 Å². The lowest BCUT2D eigenvalue weighted by Crippen LogP contribution is -2.47. The number of nitrogens with two attached hydrogens (primary N) is 1. The molecule has 0 saturated heterocycles. The van der Waals surface area contributed by atoms with Crippen LogP contribution < -0.4 is 10.5 Å². The van der Waals surface area contributed by atoms with E-state index in [1.54, 1.807) is 19.2 Å². The van der Waals surface area contributed by atoms with E-state index < -0.39 is 18.1 Å². The average molecular weight is 298 g/mol. The molecule has 114 valence electrons. The van der Waals surface area contributed by atoms with Gasteiger partial charge in [-0.05, 0) is 30.7 Å². The van der Waals surface area contributed by atoms with Crippen LogP contribution in [0.2, 0.25) is 0 Å². The van der Waals surface area contributed by atoms with Crippen LogP contribution in [0.5, 0.6) is 5.75 Å². The summed E-state index contributed by atoms with van der Waals surface area (Å²) in [6.07, 6.45) is 1.89. The molecule has 0 amide bonds. The highest BCUT2D eigenvalue weighted by Crippen LogP contribution is 2.27. The van der Waals surface area contributed by atoms with Crippen molar-refractivity contribution in [2.45, 2.75) is 25.5 Å². The standard InChI is InChI=1S/C14H16F2N2O3/c1-14(17,12(19)20-2)6-8-7-18-11-4-3-9(5-10(8)11)21-13(15)16/h3-5,7,13,18H,6,17H2,1-2H3. The highest BCUT2D eigenvalue weighted by Gasteiger charge is 2.30. The third-order valence-corrected chi connectivity index (χ3v) is 3.17. The number of benzene rings is 1. The molecule has 0 aliphatic carbocycles. The second-order valence-corrected chi connectivity index (χ2v) is 4.99. The molecule has 21 heavy (non-hydrogen) atoms. The molecule has 0 saturated carbocycles. The lowest BCUT2D eigenvalue weighted by atomic mass is 9.94. The molecular weight excluding hydrogens is 282 g/mol. The maximum atomic E-state index is 12.3. The molecule has 5 nitrogen and oxygen atoms in total. The molecule has 7 heteroatoms. The third kappa shape index (κ3) is 3.30. The second kappa shape index (κ2) is 5.69. The number of halogens is 2. The maximum absolute atomic E-state index is 12.3. The highest BCUT2D eigenvalue weighted by molar-refractivity contribution is 5.87. The second-order valence-electron chi connectivity index (χ2n) is 4.99. The molecule has 2 rings (SSSR count). The van der Waals surface area contributed by atoms with Gasteiger partial charge in [-0.2, -0.15) is 8.78 Å². The van der Waals surface area contributed by atoms with Crippen molar-refractivity contribution in [2.75, 3.05) is 7.11 Å². The van der Waals surface area contributed by atoms with Crippen LogP contribution in [0.25, 0.3) is 10.9 Å². The van der Waals surface area contributed by atoms with Crippen molar-refractivity contribution < 1.29 is 23.0 Å². The van der Waals surface area contributed by atoms with E-state index in [1.807, 2.05) is 0 Å². The van der Waals surface area contributed by atoms with Gasteiger partial charge in [0.2, 0.25) is 0 Å². The molecule has 3 N–H and O–H groups in total. The fraction of sp³-hybridized carbons (Fsp3) is 0.357. The molecule has 1 unspecified atom stereocenters. The van der Waals surface area contributed by atoms with E-state index in [0.717, 1.165) is 11.1 Å². The van der Waals surface area contributed by atoms with Crippen LogP contribution in [0.4, 0.5) is 8.78 Å². The van der Waals surface area contributed by atoms with Crippen LogP contribution in [-0.2, 0) is 16.0 Å². The van der Waals surface area contributed by atoms with Crippen LogP contribution in [0.15, 0.2) is 24.4 Å². The van der Waals surface area contributed by atoms with Crippen LogP contribution in [0, 0.1) is 0 Å². The third-order valence-electron chi connectivity index (χ3n) is 3.17. The predicted octanol–water partition coefficient (Wildman–Crippen LogP) is 2.20. The number of aromatic nitrogens is 1. The Bertz CT molecular complexity index is 653.